The third-order valence-electron chi connectivity index (χ3n) is 3.14. The van der Waals surface area contributed by atoms with E-state index in [9.17, 15) is 14.9 Å². The molecule has 0 saturated carbocycles. The predicted molar refractivity (Wildman–Crippen MR) is 88.0 cm³/mol. The SMILES string of the molecule is CCOC(=O)c1cc([N+](=O)[O-])ccc1C#Cc1ccc(OC)cc1. The van der Waals surface area contributed by atoms with Gasteiger partial charge in [0.15, 0.2) is 0 Å². The maximum absolute atomic E-state index is 12.0. The zero-order chi connectivity index (χ0) is 17.5. The average Bonchev–Trinajstić information content (AvgIpc) is 2.60. The number of rotatable bonds is 4. The summed E-state index contributed by atoms with van der Waals surface area (Å²) >= 11 is 0. The van der Waals surface area contributed by atoms with E-state index < -0.39 is 10.9 Å². The zero-order valence-corrected chi connectivity index (χ0v) is 13.2. The van der Waals surface area contributed by atoms with Crippen molar-refractivity contribution in [1.82, 2.24) is 0 Å². The van der Waals surface area contributed by atoms with Crippen LogP contribution in [0.2, 0.25) is 0 Å². The van der Waals surface area contributed by atoms with Gasteiger partial charge in [0.2, 0.25) is 0 Å². The van der Waals surface area contributed by atoms with Crippen LogP contribution in [0.3, 0.4) is 0 Å². The van der Waals surface area contributed by atoms with E-state index >= 15 is 0 Å². The molecule has 0 aliphatic heterocycles. The van der Waals surface area contributed by atoms with Crippen LogP contribution in [0.4, 0.5) is 5.69 Å². The van der Waals surface area contributed by atoms with Crippen LogP contribution in [0.25, 0.3) is 0 Å². The minimum Gasteiger partial charge on any atom is -0.497 e. The topological polar surface area (TPSA) is 78.7 Å². The van der Waals surface area contributed by atoms with E-state index in [1.165, 1.54) is 18.2 Å². The second-order valence-electron chi connectivity index (χ2n) is 4.69. The summed E-state index contributed by atoms with van der Waals surface area (Å²) in [5.41, 5.74) is 0.985. The summed E-state index contributed by atoms with van der Waals surface area (Å²) in [6, 6.07) is 11.0. The summed E-state index contributed by atoms with van der Waals surface area (Å²) in [5.74, 6) is 5.85. The van der Waals surface area contributed by atoms with Crippen molar-refractivity contribution in [2.24, 2.45) is 0 Å². The molecule has 0 amide bonds. The first kappa shape index (κ1) is 17.0. The lowest BCUT2D eigenvalue weighted by Gasteiger charge is -2.04. The Kier molecular flexibility index (Phi) is 5.53. The van der Waals surface area contributed by atoms with Crippen LogP contribution in [-0.4, -0.2) is 24.6 Å². The van der Waals surface area contributed by atoms with E-state index in [0.29, 0.717) is 11.3 Å². The van der Waals surface area contributed by atoms with Gasteiger partial charge in [-0.2, -0.15) is 0 Å². The van der Waals surface area contributed by atoms with Gasteiger partial charge in [0.05, 0.1) is 24.2 Å². The summed E-state index contributed by atoms with van der Waals surface area (Å²) in [6.07, 6.45) is 0. The Balaban J connectivity index is 2.40. The molecule has 0 saturated heterocycles. The van der Waals surface area contributed by atoms with Crippen molar-refractivity contribution in [3.8, 4) is 17.6 Å². The minimum atomic E-state index is -0.639. The Morgan fingerprint density at radius 3 is 2.46 bits per heavy atom. The van der Waals surface area contributed by atoms with Gasteiger partial charge in [0.25, 0.3) is 5.69 Å². The van der Waals surface area contributed by atoms with Crippen LogP contribution in [-0.2, 0) is 4.74 Å². The fourth-order valence-corrected chi connectivity index (χ4v) is 1.95. The number of esters is 1. The van der Waals surface area contributed by atoms with Crippen molar-refractivity contribution >= 4 is 11.7 Å². The number of nitro groups is 1. The number of ether oxygens (including phenoxy) is 2. The lowest BCUT2D eigenvalue weighted by Crippen LogP contribution is -2.07. The summed E-state index contributed by atoms with van der Waals surface area (Å²) in [5, 5.41) is 10.9. The summed E-state index contributed by atoms with van der Waals surface area (Å²) in [6.45, 7) is 1.84. The van der Waals surface area contributed by atoms with Gasteiger partial charge in [-0.25, -0.2) is 4.79 Å². The first-order valence-electron chi connectivity index (χ1n) is 7.16. The molecule has 6 heteroatoms. The third-order valence-corrected chi connectivity index (χ3v) is 3.14. The van der Waals surface area contributed by atoms with Crippen molar-refractivity contribution in [2.45, 2.75) is 6.92 Å². The molecule has 2 aromatic rings. The second-order valence-corrected chi connectivity index (χ2v) is 4.69. The largest absolute Gasteiger partial charge is 0.497 e. The highest BCUT2D eigenvalue weighted by Gasteiger charge is 2.16. The summed E-state index contributed by atoms with van der Waals surface area (Å²) < 4.78 is 10.0. The molecule has 24 heavy (non-hydrogen) atoms. The maximum Gasteiger partial charge on any atom is 0.339 e. The standard InChI is InChI=1S/C18H15NO5/c1-3-24-18(20)17-12-15(19(21)22)9-8-14(17)7-4-13-5-10-16(23-2)11-6-13/h5-6,8-12H,3H2,1-2H3. The van der Waals surface area contributed by atoms with E-state index in [0.717, 1.165) is 5.56 Å². The Labute approximate surface area is 139 Å². The molecular weight excluding hydrogens is 310 g/mol. The molecule has 0 spiro atoms. The first-order valence-corrected chi connectivity index (χ1v) is 7.16. The van der Waals surface area contributed by atoms with Crippen LogP contribution in [0.5, 0.6) is 5.75 Å². The first-order chi connectivity index (χ1) is 11.5. The number of carbonyl (C=O) groups excluding carboxylic acids is 1. The lowest BCUT2D eigenvalue weighted by atomic mass is 10.1. The lowest BCUT2D eigenvalue weighted by molar-refractivity contribution is -0.384. The van der Waals surface area contributed by atoms with Gasteiger partial charge < -0.3 is 9.47 Å². The van der Waals surface area contributed by atoms with Crippen molar-refractivity contribution < 1.29 is 19.2 Å². The number of hydrogen-bond acceptors (Lipinski definition) is 5. The quantitative estimate of drug-likeness (QED) is 0.373. The zero-order valence-electron chi connectivity index (χ0n) is 13.2. The van der Waals surface area contributed by atoms with E-state index in [-0.39, 0.29) is 17.9 Å². The van der Waals surface area contributed by atoms with Crippen molar-refractivity contribution in [3.63, 3.8) is 0 Å². The number of benzene rings is 2. The van der Waals surface area contributed by atoms with E-state index in [1.807, 2.05) is 0 Å². The molecule has 122 valence electrons. The molecule has 6 nitrogen and oxygen atoms in total. The number of methoxy groups -OCH3 is 1. The molecule has 2 aromatic carbocycles. The number of nitrogens with zero attached hydrogens (tertiary/aromatic N) is 1. The van der Waals surface area contributed by atoms with Crippen LogP contribution in [0.15, 0.2) is 42.5 Å². The highest BCUT2D eigenvalue weighted by Crippen LogP contribution is 2.19. The van der Waals surface area contributed by atoms with Gasteiger partial charge in [-0.3, -0.25) is 10.1 Å². The summed E-state index contributed by atoms with van der Waals surface area (Å²) in [4.78, 5) is 22.3. The number of nitro benzene ring substituents is 1. The molecule has 0 bridgehead atoms. The van der Waals surface area contributed by atoms with Gasteiger partial charge in [-0.1, -0.05) is 11.8 Å². The molecule has 2 rings (SSSR count). The van der Waals surface area contributed by atoms with Crippen molar-refractivity contribution in [3.05, 3.63) is 69.3 Å². The maximum atomic E-state index is 12.0. The molecule has 0 radical (unpaired) electrons. The van der Waals surface area contributed by atoms with Crippen molar-refractivity contribution in [1.29, 1.82) is 0 Å². The van der Waals surface area contributed by atoms with Gasteiger partial charge >= 0.3 is 5.97 Å². The Hall–Kier alpha value is -3.33. The highest BCUT2D eigenvalue weighted by molar-refractivity contribution is 5.93. The second kappa shape index (κ2) is 7.79. The third kappa shape index (κ3) is 4.11. The van der Waals surface area contributed by atoms with Crippen LogP contribution in [0.1, 0.15) is 28.4 Å². The number of non-ortho nitro benzene ring substituents is 1. The average molecular weight is 325 g/mol. The molecule has 0 aromatic heterocycles. The normalized spacial score (nSPS) is 9.58. The molecule has 0 heterocycles. The van der Waals surface area contributed by atoms with E-state index in [4.69, 9.17) is 9.47 Å². The molecular formula is C18H15NO5. The Morgan fingerprint density at radius 1 is 1.17 bits per heavy atom. The smallest absolute Gasteiger partial charge is 0.339 e. The molecule has 0 aliphatic carbocycles. The summed E-state index contributed by atoms with van der Waals surface area (Å²) in [7, 11) is 1.57. The highest BCUT2D eigenvalue weighted by atomic mass is 16.6. The van der Waals surface area contributed by atoms with Gasteiger partial charge in [0.1, 0.15) is 5.75 Å². The van der Waals surface area contributed by atoms with Crippen LogP contribution in [0, 0.1) is 22.0 Å². The van der Waals surface area contributed by atoms with E-state index in [1.54, 1.807) is 38.3 Å². The van der Waals surface area contributed by atoms with Gasteiger partial charge in [-0.15, -0.1) is 0 Å². The molecule has 0 atom stereocenters. The molecule has 0 N–H and O–H groups in total. The van der Waals surface area contributed by atoms with Crippen LogP contribution >= 0.6 is 0 Å². The van der Waals surface area contributed by atoms with Gasteiger partial charge in [-0.05, 0) is 37.3 Å². The predicted octanol–water partition coefficient (Wildman–Crippen LogP) is 3.18. The fraction of sp³-hybridized carbons (Fsp3) is 0.167. The van der Waals surface area contributed by atoms with Crippen LogP contribution < -0.4 is 4.74 Å². The Morgan fingerprint density at radius 2 is 1.88 bits per heavy atom. The Bertz CT molecular complexity index is 816. The molecule has 0 aliphatic rings. The fourth-order valence-electron chi connectivity index (χ4n) is 1.95. The minimum absolute atomic E-state index is 0.0760. The van der Waals surface area contributed by atoms with Crippen molar-refractivity contribution in [2.75, 3.05) is 13.7 Å². The number of hydrogen-bond donors (Lipinski definition) is 0. The molecule has 0 unspecified atom stereocenters. The van der Waals surface area contributed by atoms with E-state index in [2.05, 4.69) is 11.8 Å². The number of carbonyl (C=O) groups is 1. The monoisotopic (exact) mass is 325 g/mol. The molecule has 0 fully saturated rings. The van der Waals surface area contributed by atoms with Gasteiger partial charge in [0, 0.05) is 23.3 Å².